The molecular formula is C18H14BrF3O3. The lowest BCUT2D eigenvalue weighted by Crippen LogP contribution is -2.41. The summed E-state index contributed by atoms with van der Waals surface area (Å²) in [5.41, 5.74) is -3.09. The van der Waals surface area contributed by atoms with Crippen molar-refractivity contribution in [3.63, 3.8) is 0 Å². The van der Waals surface area contributed by atoms with Crippen LogP contribution in [0.3, 0.4) is 0 Å². The third kappa shape index (κ3) is 2.75. The summed E-state index contributed by atoms with van der Waals surface area (Å²) in [6.07, 6.45) is -4.64. The van der Waals surface area contributed by atoms with Crippen LogP contribution >= 0.6 is 15.9 Å². The minimum absolute atomic E-state index is 0.0860. The van der Waals surface area contributed by atoms with Crippen LogP contribution in [0, 0.1) is 0 Å². The number of carbonyl (C=O) groups is 1. The molecule has 0 aromatic heterocycles. The van der Waals surface area contributed by atoms with Crippen molar-refractivity contribution < 1.29 is 27.8 Å². The molecule has 1 unspecified atom stereocenters. The standard InChI is InChI=1S/C18H14BrF3O3/c1-2-10(23)9-25-11-7-14-16(15(19)8-11)12-5-3-4-6-13(12)17(14,24)18(20,21)22/h3-8,24H,2,9H2,1H3. The Morgan fingerprint density at radius 1 is 1.24 bits per heavy atom. The highest BCUT2D eigenvalue weighted by Gasteiger charge is 2.61. The summed E-state index contributed by atoms with van der Waals surface area (Å²) in [5, 5.41) is 10.6. The van der Waals surface area contributed by atoms with Crippen LogP contribution in [0.25, 0.3) is 11.1 Å². The maximum atomic E-state index is 13.8. The largest absolute Gasteiger partial charge is 0.486 e. The number of hydrogen-bond acceptors (Lipinski definition) is 3. The Morgan fingerprint density at radius 3 is 2.56 bits per heavy atom. The van der Waals surface area contributed by atoms with Crippen molar-refractivity contribution in [2.45, 2.75) is 25.1 Å². The van der Waals surface area contributed by atoms with E-state index < -0.39 is 11.8 Å². The zero-order chi connectivity index (χ0) is 18.4. The normalized spacial score (nSPS) is 18.6. The van der Waals surface area contributed by atoms with Crippen LogP contribution in [0.2, 0.25) is 0 Å². The molecule has 132 valence electrons. The summed E-state index contributed by atoms with van der Waals surface area (Å²) in [6, 6.07) is 8.51. The van der Waals surface area contributed by atoms with E-state index >= 15 is 0 Å². The van der Waals surface area contributed by atoms with E-state index in [0.717, 1.165) is 6.07 Å². The highest BCUT2D eigenvalue weighted by molar-refractivity contribution is 9.10. The number of fused-ring (bicyclic) bond motifs is 3. The Hall–Kier alpha value is -1.86. The van der Waals surface area contributed by atoms with Crippen molar-refractivity contribution in [2.75, 3.05) is 6.61 Å². The van der Waals surface area contributed by atoms with Crippen molar-refractivity contribution in [3.8, 4) is 16.9 Å². The van der Waals surface area contributed by atoms with Gasteiger partial charge in [0.05, 0.1) is 0 Å². The molecule has 7 heteroatoms. The lowest BCUT2D eigenvalue weighted by molar-refractivity contribution is -0.246. The molecule has 2 aromatic carbocycles. The van der Waals surface area contributed by atoms with Crippen LogP contribution in [0.5, 0.6) is 5.75 Å². The Balaban J connectivity index is 2.18. The molecule has 1 atom stereocenters. The molecule has 0 aliphatic heterocycles. The van der Waals surface area contributed by atoms with Gasteiger partial charge in [0.1, 0.15) is 12.4 Å². The zero-order valence-electron chi connectivity index (χ0n) is 13.2. The number of Topliss-reactive ketones (excluding diaryl/α,β-unsaturated/α-hetero) is 1. The number of hydrogen-bond donors (Lipinski definition) is 1. The Labute approximate surface area is 150 Å². The summed E-state index contributed by atoms with van der Waals surface area (Å²) < 4.78 is 47.0. The third-order valence-electron chi connectivity index (χ3n) is 4.24. The van der Waals surface area contributed by atoms with Crippen LogP contribution in [0.15, 0.2) is 40.9 Å². The molecular weight excluding hydrogens is 401 g/mol. The van der Waals surface area contributed by atoms with Gasteiger partial charge in [-0.1, -0.05) is 47.1 Å². The molecule has 3 rings (SSSR count). The van der Waals surface area contributed by atoms with E-state index in [1.165, 1.54) is 24.3 Å². The van der Waals surface area contributed by atoms with Crippen LogP contribution in [0.1, 0.15) is 24.5 Å². The molecule has 1 N–H and O–H groups in total. The maximum absolute atomic E-state index is 13.8. The first kappa shape index (κ1) is 17.9. The van der Waals surface area contributed by atoms with Gasteiger partial charge in [-0.05, 0) is 17.7 Å². The van der Waals surface area contributed by atoms with Crippen molar-refractivity contribution in [1.29, 1.82) is 0 Å². The van der Waals surface area contributed by atoms with Gasteiger partial charge in [0.15, 0.2) is 5.78 Å². The molecule has 0 saturated carbocycles. The fraction of sp³-hybridized carbons (Fsp3) is 0.278. The van der Waals surface area contributed by atoms with Gasteiger partial charge in [-0.15, -0.1) is 0 Å². The summed E-state index contributed by atoms with van der Waals surface area (Å²) in [5.74, 6) is -0.0890. The monoisotopic (exact) mass is 414 g/mol. The van der Waals surface area contributed by atoms with Gasteiger partial charge in [-0.25, -0.2) is 0 Å². The number of carbonyl (C=O) groups excluding carboxylic acids is 1. The Bertz CT molecular complexity index is 848. The number of halogens is 4. The van der Waals surface area contributed by atoms with Crippen molar-refractivity contribution >= 4 is 21.7 Å². The van der Waals surface area contributed by atoms with E-state index in [-0.39, 0.29) is 41.3 Å². The summed E-state index contributed by atoms with van der Waals surface area (Å²) >= 11 is 3.27. The molecule has 0 fully saturated rings. The third-order valence-corrected chi connectivity index (χ3v) is 4.87. The van der Waals surface area contributed by atoms with Crippen LogP contribution in [-0.4, -0.2) is 23.7 Å². The number of ether oxygens (including phenoxy) is 1. The Kier molecular flexibility index (Phi) is 4.41. The first-order valence-electron chi connectivity index (χ1n) is 7.57. The van der Waals surface area contributed by atoms with Gasteiger partial charge in [0.25, 0.3) is 0 Å². The summed E-state index contributed by atoms with van der Waals surface area (Å²) in [6.45, 7) is 1.43. The lowest BCUT2D eigenvalue weighted by atomic mass is 9.90. The van der Waals surface area contributed by atoms with Gasteiger partial charge in [0.2, 0.25) is 5.60 Å². The topological polar surface area (TPSA) is 46.5 Å². The van der Waals surface area contributed by atoms with Crippen molar-refractivity contribution in [3.05, 3.63) is 52.0 Å². The lowest BCUT2D eigenvalue weighted by Gasteiger charge is -2.28. The molecule has 1 aliphatic rings. The molecule has 0 spiro atoms. The quantitative estimate of drug-likeness (QED) is 0.795. The Morgan fingerprint density at radius 2 is 1.92 bits per heavy atom. The second kappa shape index (κ2) is 6.14. The number of aliphatic hydroxyl groups is 1. The van der Waals surface area contributed by atoms with E-state index in [1.54, 1.807) is 13.0 Å². The average Bonchev–Trinajstić information content (AvgIpc) is 2.83. The molecule has 0 heterocycles. The molecule has 2 aromatic rings. The van der Waals surface area contributed by atoms with Gasteiger partial charge < -0.3 is 9.84 Å². The number of ketones is 1. The second-order valence-electron chi connectivity index (χ2n) is 5.76. The van der Waals surface area contributed by atoms with Gasteiger partial charge in [-0.3, -0.25) is 4.79 Å². The molecule has 25 heavy (non-hydrogen) atoms. The minimum Gasteiger partial charge on any atom is -0.486 e. The van der Waals surface area contributed by atoms with Crippen LogP contribution < -0.4 is 4.74 Å². The number of benzene rings is 2. The SMILES string of the molecule is CCC(=O)COc1cc(Br)c2c(c1)C(O)(C(F)(F)F)c1ccccc1-2. The first-order chi connectivity index (χ1) is 11.7. The maximum Gasteiger partial charge on any atom is 0.425 e. The smallest absolute Gasteiger partial charge is 0.425 e. The van der Waals surface area contributed by atoms with E-state index in [4.69, 9.17) is 4.74 Å². The van der Waals surface area contributed by atoms with Gasteiger partial charge >= 0.3 is 6.18 Å². The highest BCUT2D eigenvalue weighted by atomic mass is 79.9. The van der Waals surface area contributed by atoms with E-state index in [2.05, 4.69) is 15.9 Å². The van der Waals surface area contributed by atoms with Gasteiger partial charge in [-0.2, -0.15) is 13.2 Å². The fourth-order valence-electron chi connectivity index (χ4n) is 2.96. The van der Waals surface area contributed by atoms with Gasteiger partial charge in [0, 0.05) is 27.6 Å². The molecule has 0 bridgehead atoms. The number of rotatable bonds is 4. The second-order valence-corrected chi connectivity index (χ2v) is 6.62. The molecule has 0 saturated heterocycles. The van der Waals surface area contributed by atoms with Crippen molar-refractivity contribution in [1.82, 2.24) is 0 Å². The predicted octanol–water partition coefficient (Wildman–Crippen LogP) is 4.59. The van der Waals surface area contributed by atoms with E-state index in [0.29, 0.717) is 10.0 Å². The highest BCUT2D eigenvalue weighted by Crippen LogP contribution is 2.57. The average molecular weight is 415 g/mol. The summed E-state index contributed by atoms with van der Waals surface area (Å²) in [7, 11) is 0. The molecule has 0 amide bonds. The first-order valence-corrected chi connectivity index (χ1v) is 8.37. The van der Waals surface area contributed by atoms with E-state index in [9.17, 15) is 23.1 Å². The zero-order valence-corrected chi connectivity index (χ0v) is 14.7. The fourth-order valence-corrected chi connectivity index (χ4v) is 3.61. The van der Waals surface area contributed by atoms with Crippen LogP contribution in [0.4, 0.5) is 13.2 Å². The predicted molar refractivity (Wildman–Crippen MR) is 89.4 cm³/mol. The van der Waals surface area contributed by atoms with Crippen LogP contribution in [-0.2, 0) is 10.4 Å². The molecule has 1 aliphatic carbocycles. The molecule has 0 radical (unpaired) electrons. The van der Waals surface area contributed by atoms with Crippen molar-refractivity contribution in [2.24, 2.45) is 0 Å². The summed E-state index contributed by atoms with van der Waals surface area (Å²) in [4.78, 5) is 11.4. The number of alkyl halides is 3. The van der Waals surface area contributed by atoms with E-state index in [1.807, 2.05) is 0 Å². The minimum atomic E-state index is -4.91. The molecule has 3 nitrogen and oxygen atoms in total.